The van der Waals surface area contributed by atoms with Gasteiger partial charge in [-0.3, -0.25) is 19.2 Å². The average molecular weight is 488 g/mol. The Morgan fingerprint density at radius 1 is 1.26 bits per heavy atom. The Morgan fingerprint density at radius 3 is 2.69 bits per heavy atom. The molecule has 1 aromatic carbocycles. The number of nitrogens with zero attached hydrogens (tertiary/aromatic N) is 3. The lowest BCUT2D eigenvalue weighted by atomic mass is 9.84. The fourth-order valence-corrected chi connectivity index (χ4v) is 5.63. The van der Waals surface area contributed by atoms with Crippen molar-refractivity contribution in [2.75, 3.05) is 6.54 Å². The highest BCUT2D eigenvalue weighted by molar-refractivity contribution is 5.99. The van der Waals surface area contributed by atoms with E-state index >= 15 is 0 Å². The van der Waals surface area contributed by atoms with Gasteiger partial charge in [-0.05, 0) is 39.2 Å². The average Bonchev–Trinajstić information content (AvgIpc) is 3.05. The second-order valence-corrected chi connectivity index (χ2v) is 9.72. The second-order valence-electron chi connectivity index (χ2n) is 9.72. The number of primary amides is 1. The number of aromatic nitrogens is 1. The third kappa shape index (κ3) is 3.61. The van der Waals surface area contributed by atoms with E-state index in [9.17, 15) is 28.3 Å². The first-order valence-corrected chi connectivity index (χ1v) is 11.5. The van der Waals surface area contributed by atoms with Crippen molar-refractivity contribution in [3.05, 3.63) is 63.1 Å². The highest BCUT2D eigenvalue weighted by Gasteiger charge is 2.55. The van der Waals surface area contributed by atoms with Gasteiger partial charge in [-0.2, -0.15) is 5.06 Å². The molecule has 2 saturated heterocycles. The quantitative estimate of drug-likeness (QED) is 0.683. The molecule has 2 aromatic rings. The third-order valence-corrected chi connectivity index (χ3v) is 7.54. The molecule has 2 bridgehead atoms. The molecule has 11 heteroatoms. The van der Waals surface area contributed by atoms with Gasteiger partial charge in [0.25, 0.3) is 11.8 Å². The Balaban J connectivity index is 1.59. The maximum atomic E-state index is 14.4. The zero-order valence-corrected chi connectivity index (χ0v) is 19.3. The Hall–Kier alpha value is -3.31. The van der Waals surface area contributed by atoms with Crippen LogP contribution in [0.3, 0.4) is 0 Å². The van der Waals surface area contributed by atoms with E-state index in [0.29, 0.717) is 19.3 Å². The monoisotopic (exact) mass is 488 g/mol. The topological polar surface area (TPSA) is 118 Å². The van der Waals surface area contributed by atoms with Crippen molar-refractivity contribution in [1.29, 1.82) is 0 Å². The second kappa shape index (κ2) is 8.13. The maximum Gasteiger partial charge on any atom is 0.274 e. The van der Waals surface area contributed by atoms with Gasteiger partial charge >= 0.3 is 0 Å². The molecular formula is C24H26F2N4O5. The summed E-state index contributed by atoms with van der Waals surface area (Å²) in [5.74, 6) is -3.68. The van der Waals surface area contributed by atoms with E-state index in [1.165, 1.54) is 22.9 Å². The lowest BCUT2D eigenvalue weighted by Crippen LogP contribution is -2.52. The minimum atomic E-state index is -1.01. The Kier molecular flexibility index (Phi) is 5.44. The number of amides is 2. The number of pyridine rings is 1. The van der Waals surface area contributed by atoms with Crippen LogP contribution in [0, 0.1) is 11.6 Å². The van der Waals surface area contributed by atoms with E-state index in [2.05, 4.69) is 0 Å². The number of hydroxylamine groups is 2. The van der Waals surface area contributed by atoms with Gasteiger partial charge in [-0.1, -0.05) is 6.07 Å². The smallest absolute Gasteiger partial charge is 0.274 e. The van der Waals surface area contributed by atoms with Crippen LogP contribution in [-0.2, 0) is 11.4 Å². The van der Waals surface area contributed by atoms with E-state index in [-0.39, 0.29) is 36.4 Å². The Morgan fingerprint density at radius 2 is 2.00 bits per heavy atom. The molecular weight excluding hydrogens is 462 g/mol. The van der Waals surface area contributed by atoms with Crippen molar-refractivity contribution < 1.29 is 28.3 Å². The summed E-state index contributed by atoms with van der Waals surface area (Å²) in [5.41, 5.74) is 3.16. The molecule has 186 valence electrons. The van der Waals surface area contributed by atoms with Crippen LogP contribution in [0.2, 0.25) is 0 Å². The van der Waals surface area contributed by atoms with E-state index in [0.717, 1.165) is 6.07 Å². The molecule has 0 radical (unpaired) electrons. The van der Waals surface area contributed by atoms with Crippen molar-refractivity contribution in [2.45, 2.75) is 63.4 Å². The number of carbonyl (C=O) groups is 2. The largest absolute Gasteiger partial charge is 0.503 e. The van der Waals surface area contributed by atoms with Gasteiger partial charge in [0.15, 0.2) is 11.4 Å². The molecule has 4 heterocycles. The number of aromatic hydroxyl groups is 1. The molecule has 35 heavy (non-hydrogen) atoms. The first kappa shape index (κ1) is 23.4. The summed E-state index contributed by atoms with van der Waals surface area (Å²) >= 11 is 0. The van der Waals surface area contributed by atoms with Gasteiger partial charge < -0.3 is 20.3 Å². The number of hydrogen-bond acceptors (Lipinski definition) is 6. The number of halogens is 2. The standard InChI is InChI=1S/C24H26F2N4O5/c1-12-5-6-24(8-13(2)30(35-24)9-14-3-4-15(25)7-17(14)26)18-11-28(12)23(34)19-21(32)20(31)16(22(27)33)10-29(18)19/h3-4,7,10,12-13,18,32H,5-6,8-9,11H2,1-2H3,(H2,27,33)/t12-,13?,18+,24-/m0/s1. The van der Waals surface area contributed by atoms with Crippen molar-refractivity contribution >= 4 is 11.8 Å². The molecule has 1 spiro atoms. The van der Waals surface area contributed by atoms with Crippen LogP contribution >= 0.6 is 0 Å². The van der Waals surface area contributed by atoms with Crippen molar-refractivity contribution in [2.24, 2.45) is 5.73 Å². The third-order valence-electron chi connectivity index (χ3n) is 7.54. The van der Waals surface area contributed by atoms with Gasteiger partial charge in [0, 0.05) is 36.5 Å². The molecule has 2 fully saturated rings. The highest BCUT2D eigenvalue weighted by Crippen LogP contribution is 2.48. The van der Waals surface area contributed by atoms with Crippen LogP contribution in [0.15, 0.2) is 29.2 Å². The number of rotatable bonds is 3. The number of fused-ring (bicyclic) bond motifs is 5. The van der Waals surface area contributed by atoms with Crippen LogP contribution in [0.4, 0.5) is 8.78 Å². The summed E-state index contributed by atoms with van der Waals surface area (Å²) in [6.07, 6.45) is 2.87. The minimum Gasteiger partial charge on any atom is -0.503 e. The lowest BCUT2D eigenvalue weighted by molar-refractivity contribution is -0.225. The molecule has 1 aromatic heterocycles. The first-order chi connectivity index (χ1) is 16.5. The van der Waals surface area contributed by atoms with Gasteiger partial charge in [-0.15, -0.1) is 0 Å². The van der Waals surface area contributed by atoms with Gasteiger partial charge in [0.05, 0.1) is 12.6 Å². The fraction of sp³-hybridized carbons (Fsp3) is 0.458. The molecule has 2 amide bonds. The number of hydrogen-bond donors (Lipinski definition) is 2. The normalized spacial score (nSPS) is 28.3. The van der Waals surface area contributed by atoms with Crippen LogP contribution < -0.4 is 11.2 Å². The minimum absolute atomic E-state index is 0.0781. The van der Waals surface area contributed by atoms with E-state index < -0.39 is 51.8 Å². The number of benzene rings is 1. The van der Waals surface area contributed by atoms with Gasteiger partial charge in [-0.25, -0.2) is 8.78 Å². The Bertz CT molecular complexity index is 1300. The van der Waals surface area contributed by atoms with Crippen LogP contribution in [0.1, 0.15) is 65.6 Å². The van der Waals surface area contributed by atoms with E-state index in [1.54, 1.807) is 9.96 Å². The molecule has 5 rings (SSSR count). The summed E-state index contributed by atoms with van der Waals surface area (Å²) in [6.45, 7) is 4.13. The van der Waals surface area contributed by atoms with E-state index in [1.807, 2.05) is 13.8 Å². The maximum absolute atomic E-state index is 14.4. The van der Waals surface area contributed by atoms with Gasteiger partial charge in [0.2, 0.25) is 5.43 Å². The Labute approximate surface area is 199 Å². The zero-order valence-electron chi connectivity index (χ0n) is 19.3. The predicted molar refractivity (Wildman–Crippen MR) is 119 cm³/mol. The van der Waals surface area contributed by atoms with Crippen molar-refractivity contribution in [3.8, 4) is 5.75 Å². The number of nitrogens with two attached hydrogens (primary N) is 1. The summed E-state index contributed by atoms with van der Waals surface area (Å²) in [6, 6.07) is 2.49. The molecule has 3 N–H and O–H groups in total. The first-order valence-electron chi connectivity index (χ1n) is 11.5. The summed E-state index contributed by atoms with van der Waals surface area (Å²) in [4.78, 5) is 45.8. The van der Waals surface area contributed by atoms with Crippen LogP contribution in [-0.4, -0.2) is 55.7 Å². The molecule has 3 aliphatic rings. The summed E-state index contributed by atoms with van der Waals surface area (Å²) in [5, 5.41) is 12.3. The SMILES string of the molecule is CC1C[C@]2(CC[C@H](C)N3C[C@H]2n2cc(C(N)=O)c(=O)c(O)c2C3=O)ON1Cc1ccc(F)cc1F. The molecule has 0 saturated carbocycles. The predicted octanol–water partition coefficient (Wildman–Crippen LogP) is 2.08. The molecule has 3 aliphatic heterocycles. The van der Waals surface area contributed by atoms with Crippen LogP contribution in [0.5, 0.6) is 5.75 Å². The van der Waals surface area contributed by atoms with Crippen molar-refractivity contribution in [3.63, 3.8) is 0 Å². The summed E-state index contributed by atoms with van der Waals surface area (Å²) < 4.78 is 29.2. The molecule has 4 atom stereocenters. The highest BCUT2D eigenvalue weighted by atomic mass is 19.1. The van der Waals surface area contributed by atoms with Crippen LogP contribution in [0.25, 0.3) is 0 Å². The fourth-order valence-electron chi connectivity index (χ4n) is 5.63. The molecule has 0 aliphatic carbocycles. The lowest BCUT2D eigenvalue weighted by Gasteiger charge is -2.42. The zero-order chi connectivity index (χ0) is 25.2. The van der Waals surface area contributed by atoms with E-state index in [4.69, 9.17) is 10.6 Å². The summed E-state index contributed by atoms with van der Waals surface area (Å²) in [7, 11) is 0. The number of carbonyl (C=O) groups excluding carboxylic acids is 2. The van der Waals surface area contributed by atoms with Gasteiger partial charge in [0.1, 0.15) is 22.8 Å². The molecule has 9 nitrogen and oxygen atoms in total. The molecule has 1 unspecified atom stereocenters. The van der Waals surface area contributed by atoms with Crippen molar-refractivity contribution in [1.82, 2.24) is 14.5 Å².